The molecule has 0 saturated carbocycles. The molecule has 0 unspecified atom stereocenters. The summed E-state index contributed by atoms with van der Waals surface area (Å²) in [7, 11) is 0. The van der Waals surface area contributed by atoms with E-state index in [1.54, 1.807) is 5.57 Å². The molecule has 18 heavy (non-hydrogen) atoms. The molecule has 1 aliphatic heterocycles. The summed E-state index contributed by atoms with van der Waals surface area (Å²) in [4.78, 5) is 2.46. The predicted octanol–water partition coefficient (Wildman–Crippen LogP) is 4.45. The maximum absolute atomic E-state index is 2.46. The number of hydrogen-bond donors (Lipinski definition) is 0. The molecule has 2 aliphatic rings. The Morgan fingerprint density at radius 2 is 1.89 bits per heavy atom. The number of hydrogen-bond acceptors (Lipinski definition) is 1. The van der Waals surface area contributed by atoms with E-state index in [2.05, 4.69) is 60.4 Å². The second-order valence-corrected chi connectivity index (χ2v) is 5.07. The van der Waals surface area contributed by atoms with E-state index in [1.165, 1.54) is 29.8 Å². The fourth-order valence-corrected chi connectivity index (χ4v) is 2.74. The standard InChI is InChI=1S/C17H19N/c1-14-9-11-15-6-5-13-18(17(15)12-10-14)16-7-3-2-4-8-16/h2-4,7-10,12H,5-6,11,13H2,1H3. The van der Waals surface area contributed by atoms with Gasteiger partial charge in [-0.25, -0.2) is 0 Å². The minimum absolute atomic E-state index is 1.11. The third kappa shape index (κ3) is 2.13. The number of nitrogens with zero attached hydrogens (tertiary/aromatic N) is 1. The van der Waals surface area contributed by atoms with Crippen LogP contribution in [0.5, 0.6) is 0 Å². The van der Waals surface area contributed by atoms with Crippen molar-refractivity contribution in [3.63, 3.8) is 0 Å². The Bertz CT molecular complexity index is 520. The molecule has 0 radical (unpaired) electrons. The Labute approximate surface area is 109 Å². The minimum atomic E-state index is 1.11. The second kappa shape index (κ2) is 4.85. The second-order valence-electron chi connectivity index (χ2n) is 5.07. The van der Waals surface area contributed by atoms with Crippen LogP contribution in [0.2, 0.25) is 0 Å². The first-order chi connectivity index (χ1) is 8.84. The molecular formula is C17H19N. The first-order valence-electron chi connectivity index (χ1n) is 6.74. The van der Waals surface area contributed by atoms with Gasteiger partial charge in [0.05, 0.1) is 0 Å². The zero-order valence-corrected chi connectivity index (χ0v) is 10.9. The van der Waals surface area contributed by atoms with Gasteiger partial charge in [-0.05, 0) is 50.0 Å². The highest BCUT2D eigenvalue weighted by Gasteiger charge is 2.19. The number of rotatable bonds is 1. The monoisotopic (exact) mass is 237 g/mol. The van der Waals surface area contributed by atoms with Crippen molar-refractivity contribution in [1.82, 2.24) is 0 Å². The summed E-state index contributed by atoms with van der Waals surface area (Å²) in [5.41, 5.74) is 5.69. The lowest BCUT2D eigenvalue weighted by molar-refractivity contribution is 0.720. The van der Waals surface area contributed by atoms with Crippen molar-refractivity contribution in [3.8, 4) is 0 Å². The van der Waals surface area contributed by atoms with Gasteiger partial charge in [-0.15, -0.1) is 0 Å². The fourth-order valence-electron chi connectivity index (χ4n) is 2.74. The van der Waals surface area contributed by atoms with Crippen molar-refractivity contribution in [2.24, 2.45) is 0 Å². The van der Waals surface area contributed by atoms with E-state index in [9.17, 15) is 0 Å². The van der Waals surface area contributed by atoms with Crippen molar-refractivity contribution in [2.45, 2.75) is 26.2 Å². The van der Waals surface area contributed by atoms with E-state index in [-0.39, 0.29) is 0 Å². The Morgan fingerprint density at radius 3 is 2.72 bits per heavy atom. The van der Waals surface area contributed by atoms with E-state index < -0.39 is 0 Å². The Balaban J connectivity index is 1.99. The van der Waals surface area contributed by atoms with Crippen LogP contribution in [-0.4, -0.2) is 6.54 Å². The lowest BCUT2D eigenvalue weighted by Crippen LogP contribution is -2.27. The van der Waals surface area contributed by atoms with Gasteiger partial charge in [-0.3, -0.25) is 0 Å². The van der Waals surface area contributed by atoms with Gasteiger partial charge in [0.25, 0.3) is 0 Å². The van der Waals surface area contributed by atoms with E-state index >= 15 is 0 Å². The summed E-state index contributed by atoms with van der Waals surface area (Å²) < 4.78 is 0. The molecular weight excluding hydrogens is 218 g/mol. The van der Waals surface area contributed by atoms with Gasteiger partial charge in [0, 0.05) is 17.9 Å². The SMILES string of the molecule is CC1=CCC2=C(C=C1)N(c1ccccc1)CCC2. The maximum Gasteiger partial charge on any atom is 0.0410 e. The highest BCUT2D eigenvalue weighted by atomic mass is 15.1. The van der Waals surface area contributed by atoms with Crippen LogP contribution in [0.25, 0.3) is 0 Å². The molecule has 0 spiro atoms. The molecule has 1 heterocycles. The lowest BCUT2D eigenvalue weighted by atomic mass is 9.99. The Hall–Kier alpha value is -1.76. The van der Waals surface area contributed by atoms with Crippen molar-refractivity contribution in [2.75, 3.05) is 11.4 Å². The van der Waals surface area contributed by atoms with Crippen LogP contribution in [0, 0.1) is 0 Å². The van der Waals surface area contributed by atoms with Crippen molar-refractivity contribution in [1.29, 1.82) is 0 Å². The number of anilines is 1. The molecule has 0 N–H and O–H groups in total. The molecule has 0 amide bonds. The lowest BCUT2D eigenvalue weighted by Gasteiger charge is -2.32. The number of benzene rings is 1. The van der Waals surface area contributed by atoms with E-state index in [0.29, 0.717) is 0 Å². The van der Waals surface area contributed by atoms with Crippen LogP contribution < -0.4 is 4.90 Å². The van der Waals surface area contributed by atoms with Gasteiger partial charge < -0.3 is 4.90 Å². The molecule has 1 nitrogen and oxygen atoms in total. The molecule has 1 aliphatic carbocycles. The molecule has 0 saturated heterocycles. The van der Waals surface area contributed by atoms with Gasteiger partial charge in [0.15, 0.2) is 0 Å². The summed E-state index contributed by atoms with van der Waals surface area (Å²) in [5, 5.41) is 0. The number of para-hydroxylation sites is 1. The van der Waals surface area contributed by atoms with Crippen molar-refractivity contribution in [3.05, 3.63) is 65.4 Å². The molecule has 0 fully saturated rings. The first-order valence-corrected chi connectivity index (χ1v) is 6.74. The van der Waals surface area contributed by atoms with Crippen LogP contribution in [0.3, 0.4) is 0 Å². The molecule has 92 valence electrons. The first kappa shape index (κ1) is 11.3. The van der Waals surface area contributed by atoms with E-state index in [4.69, 9.17) is 0 Å². The maximum atomic E-state index is 2.46. The fraction of sp³-hybridized carbons (Fsp3) is 0.294. The highest BCUT2D eigenvalue weighted by Crippen LogP contribution is 2.32. The molecule has 1 aromatic carbocycles. The number of allylic oxidation sites excluding steroid dienone is 5. The average molecular weight is 237 g/mol. The summed E-state index contributed by atoms with van der Waals surface area (Å²) in [6, 6.07) is 10.7. The predicted molar refractivity (Wildman–Crippen MR) is 77.6 cm³/mol. The van der Waals surface area contributed by atoms with Crippen LogP contribution in [-0.2, 0) is 0 Å². The summed E-state index contributed by atoms with van der Waals surface area (Å²) in [6.45, 7) is 3.31. The third-order valence-electron chi connectivity index (χ3n) is 3.76. The Morgan fingerprint density at radius 1 is 1.06 bits per heavy atom. The van der Waals surface area contributed by atoms with E-state index in [0.717, 1.165) is 13.0 Å². The Kier molecular flexibility index (Phi) is 3.06. The quantitative estimate of drug-likeness (QED) is 0.697. The van der Waals surface area contributed by atoms with Gasteiger partial charge in [0.1, 0.15) is 0 Å². The summed E-state index contributed by atoms with van der Waals surface area (Å²) >= 11 is 0. The summed E-state index contributed by atoms with van der Waals surface area (Å²) in [6.07, 6.45) is 10.5. The highest BCUT2D eigenvalue weighted by molar-refractivity contribution is 5.58. The van der Waals surface area contributed by atoms with Crippen LogP contribution in [0.4, 0.5) is 5.69 Å². The van der Waals surface area contributed by atoms with Gasteiger partial charge in [0.2, 0.25) is 0 Å². The molecule has 0 bridgehead atoms. The van der Waals surface area contributed by atoms with Gasteiger partial charge in [-0.1, -0.05) is 35.9 Å². The topological polar surface area (TPSA) is 3.24 Å². The molecule has 0 atom stereocenters. The van der Waals surface area contributed by atoms with Crippen LogP contribution in [0.1, 0.15) is 26.2 Å². The largest absolute Gasteiger partial charge is 0.342 e. The van der Waals surface area contributed by atoms with Crippen molar-refractivity contribution < 1.29 is 0 Å². The summed E-state index contributed by atoms with van der Waals surface area (Å²) in [5.74, 6) is 0. The zero-order valence-electron chi connectivity index (χ0n) is 10.9. The van der Waals surface area contributed by atoms with E-state index in [1.807, 2.05) is 0 Å². The molecule has 0 aromatic heterocycles. The molecule has 1 heteroatoms. The van der Waals surface area contributed by atoms with Gasteiger partial charge >= 0.3 is 0 Å². The molecule has 1 aromatic rings. The smallest absolute Gasteiger partial charge is 0.0410 e. The van der Waals surface area contributed by atoms with Crippen LogP contribution >= 0.6 is 0 Å². The normalized spacial score (nSPS) is 19.4. The average Bonchev–Trinajstić information content (AvgIpc) is 2.62. The van der Waals surface area contributed by atoms with Crippen molar-refractivity contribution >= 4 is 5.69 Å². The zero-order chi connectivity index (χ0) is 12.4. The van der Waals surface area contributed by atoms with Crippen LogP contribution in [0.15, 0.2) is 65.4 Å². The third-order valence-corrected chi connectivity index (χ3v) is 3.76. The van der Waals surface area contributed by atoms with Gasteiger partial charge in [-0.2, -0.15) is 0 Å². The molecule has 3 rings (SSSR count). The minimum Gasteiger partial charge on any atom is -0.342 e.